The Bertz CT molecular complexity index is 1010. The summed E-state index contributed by atoms with van der Waals surface area (Å²) in [4.78, 5) is 30.1. The molecule has 27 heavy (non-hydrogen) atoms. The first-order valence-electron chi connectivity index (χ1n) is 9.12. The number of nitrogens with one attached hydrogen (secondary N) is 1. The first-order chi connectivity index (χ1) is 12.9. The van der Waals surface area contributed by atoms with Crippen molar-refractivity contribution in [3.63, 3.8) is 0 Å². The van der Waals surface area contributed by atoms with E-state index in [1.54, 1.807) is 6.20 Å². The van der Waals surface area contributed by atoms with Crippen LogP contribution in [0, 0.1) is 13.8 Å². The monoisotopic (exact) mass is 381 g/mol. The molecule has 0 spiro atoms. The van der Waals surface area contributed by atoms with Crippen LogP contribution in [-0.2, 0) is 6.54 Å². The average Bonchev–Trinajstić information content (AvgIpc) is 3.44. The molecule has 0 aliphatic heterocycles. The molecule has 0 bridgehead atoms. The molecule has 0 aromatic carbocycles. The number of carbonyl (C=O) groups is 1. The number of hydrogen-bond donors (Lipinski definition) is 1. The zero-order valence-corrected chi connectivity index (χ0v) is 16.9. The summed E-state index contributed by atoms with van der Waals surface area (Å²) in [5, 5.41) is 4.02. The largest absolute Gasteiger partial charge is 0.363 e. The van der Waals surface area contributed by atoms with Crippen LogP contribution in [0.15, 0.2) is 18.3 Å². The van der Waals surface area contributed by atoms with E-state index < -0.39 is 0 Å². The van der Waals surface area contributed by atoms with Crippen LogP contribution < -0.4 is 10.2 Å². The molecule has 140 valence electrons. The molecular weight excluding hydrogens is 358 g/mol. The number of anilines is 1. The second-order valence-electron chi connectivity index (χ2n) is 7.28. The Balaban J connectivity index is 1.53. The first-order valence-corrected chi connectivity index (χ1v) is 9.93. The van der Waals surface area contributed by atoms with Gasteiger partial charge in [0.25, 0.3) is 5.91 Å². The summed E-state index contributed by atoms with van der Waals surface area (Å²) in [6.45, 7) is 4.44. The number of rotatable bonds is 5. The molecule has 4 rings (SSSR count). The summed E-state index contributed by atoms with van der Waals surface area (Å²) in [7, 11) is 3.90. The minimum Gasteiger partial charge on any atom is -0.363 e. The van der Waals surface area contributed by atoms with Gasteiger partial charge in [-0.2, -0.15) is 0 Å². The predicted molar refractivity (Wildman–Crippen MR) is 109 cm³/mol. The lowest BCUT2D eigenvalue weighted by atomic mass is 10.1. The van der Waals surface area contributed by atoms with Gasteiger partial charge in [-0.05, 0) is 43.9 Å². The number of pyridine rings is 1. The lowest BCUT2D eigenvalue weighted by molar-refractivity contribution is 0.0954. The SMILES string of the molecule is Cc1nc(C2CC2)nc2sc(C(=O)NCc3ccc(N(C)C)nc3)c(C)c12. The number of hydrogen-bond acceptors (Lipinski definition) is 6. The summed E-state index contributed by atoms with van der Waals surface area (Å²) < 4.78 is 0. The molecule has 1 aliphatic rings. The topological polar surface area (TPSA) is 71.0 Å². The standard InChI is InChI=1S/C20H23N5OS/c1-11-16-12(2)23-18(14-6-7-14)24-20(16)27-17(11)19(26)22-10-13-5-8-15(21-9-13)25(3)4/h5,8-9,14H,6-7,10H2,1-4H3,(H,22,26). The van der Waals surface area contributed by atoms with Gasteiger partial charge in [0.2, 0.25) is 0 Å². The van der Waals surface area contributed by atoms with E-state index in [0.29, 0.717) is 17.3 Å². The van der Waals surface area contributed by atoms with Crippen LogP contribution in [0.1, 0.15) is 51.1 Å². The Morgan fingerprint density at radius 3 is 2.67 bits per heavy atom. The molecule has 0 radical (unpaired) electrons. The van der Waals surface area contributed by atoms with Gasteiger partial charge in [0.1, 0.15) is 16.5 Å². The third-order valence-corrected chi connectivity index (χ3v) is 6.04. The molecule has 0 atom stereocenters. The van der Waals surface area contributed by atoms with E-state index in [-0.39, 0.29) is 5.91 Å². The van der Waals surface area contributed by atoms with Crippen LogP contribution in [0.2, 0.25) is 0 Å². The maximum absolute atomic E-state index is 12.7. The second-order valence-corrected chi connectivity index (χ2v) is 8.28. The van der Waals surface area contributed by atoms with Crippen LogP contribution in [-0.4, -0.2) is 35.0 Å². The number of carbonyl (C=O) groups excluding carboxylic acids is 1. The quantitative estimate of drug-likeness (QED) is 0.731. The van der Waals surface area contributed by atoms with Gasteiger partial charge in [-0.3, -0.25) is 4.79 Å². The summed E-state index contributed by atoms with van der Waals surface area (Å²) in [6, 6.07) is 3.93. The van der Waals surface area contributed by atoms with E-state index in [9.17, 15) is 4.79 Å². The fraction of sp³-hybridized carbons (Fsp3) is 0.400. The zero-order valence-electron chi connectivity index (χ0n) is 16.0. The van der Waals surface area contributed by atoms with Gasteiger partial charge in [0.05, 0.1) is 10.6 Å². The molecule has 6 nitrogen and oxygen atoms in total. The van der Waals surface area contributed by atoms with E-state index in [2.05, 4.69) is 15.3 Å². The van der Waals surface area contributed by atoms with E-state index >= 15 is 0 Å². The molecule has 0 unspecified atom stereocenters. The van der Waals surface area contributed by atoms with Crippen molar-refractivity contribution in [3.05, 3.63) is 45.9 Å². The first kappa shape index (κ1) is 17.9. The number of aryl methyl sites for hydroxylation is 2. The highest BCUT2D eigenvalue weighted by atomic mass is 32.1. The van der Waals surface area contributed by atoms with E-state index in [0.717, 1.165) is 38.7 Å². The molecule has 7 heteroatoms. The molecule has 1 N–H and O–H groups in total. The van der Waals surface area contributed by atoms with Gasteiger partial charge in [-0.1, -0.05) is 6.07 Å². The lowest BCUT2D eigenvalue weighted by Crippen LogP contribution is -2.22. The highest BCUT2D eigenvalue weighted by Gasteiger charge is 2.28. The number of fused-ring (bicyclic) bond motifs is 1. The molecule has 3 aromatic heterocycles. The average molecular weight is 382 g/mol. The Labute approximate surface area is 162 Å². The summed E-state index contributed by atoms with van der Waals surface area (Å²) in [5.41, 5.74) is 2.91. The minimum atomic E-state index is -0.0699. The molecule has 3 heterocycles. The van der Waals surface area contributed by atoms with Gasteiger partial charge < -0.3 is 10.2 Å². The van der Waals surface area contributed by atoms with Crippen molar-refractivity contribution in [2.24, 2.45) is 0 Å². The minimum absolute atomic E-state index is 0.0699. The third kappa shape index (κ3) is 3.51. The van der Waals surface area contributed by atoms with Crippen molar-refractivity contribution >= 4 is 33.3 Å². The highest BCUT2D eigenvalue weighted by molar-refractivity contribution is 7.20. The van der Waals surface area contributed by atoms with Crippen LogP contribution in [0.3, 0.4) is 0 Å². The number of thiophene rings is 1. The van der Waals surface area contributed by atoms with Crippen molar-refractivity contribution in [2.75, 3.05) is 19.0 Å². The normalized spacial score (nSPS) is 13.8. The molecule has 1 saturated carbocycles. The maximum atomic E-state index is 12.7. The zero-order chi connectivity index (χ0) is 19.1. The fourth-order valence-electron chi connectivity index (χ4n) is 3.15. The van der Waals surface area contributed by atoms with E-state index in [1.165, 1.54) is 24.2 Å². The fourth-order valence-corrected chi connectivity index (χ4v) is 4.30. The van der Waals surface area contributed by atoms with Crippen LogP contribution in [0.25, 0.3) is 10.2 Å². The summed E-state index contributed by atoms with van der Waals surface area (Å²) >= 11 is 1.46. The smallest absolute Gasteiger partial charge is 0.261 e. The molecule has 1 aliphatic carbocycles. The van der Waals surface area contributed by atoms with E-state index in [1.807, 2.05) is 45.0 Å². The highest BCUT2D eigenvalue weighted by Crippen LogP contribution is 2.40. The summed E-state index contributed by atoms with van der Waals surface area (Å²) in [6.07, 6.45) is 4.14. The van der Waals surface area contributed by atoms with E-state index in [4.69, 9.17) is 4.98 Å². The molecule has 1 amide bonds. The Hall–Kier alpha value is -2.54. The third-order valence-electron chi connectivity index (χ3n) is 4.86. The van der Waals surface area contributed by atoms with Crippen molar-refractivity contribution < 1.29 is 4.79 Å². The molecular formula is C20H23N5OS. The molecule has 1 fully saturated rings. The Morgan fingerprint density at radius 2 is 2.04 bits per heavy atom. The van der Waals surface area contributed by atoms with Gasteiger partial charge in [0.15, 0.2) is 0 Å². The van der Waals surface area contributed by atoms with Crippen LogP contribution >= 0.6 is 11.3 Å². The Kier molecular flexibility index (Phi) is 4.55. The molecule has 0 saturated heterocycles. The van der Waals surface area contributed by atoms with Crippen molar-refractivity contribution in [1.82, 2.24) is 20.3 Å². The van der Waals surface area contributed by atoms with Gasteiger partial charge >= 0.3 is 0 Å². The van der Waals surface area contributed by atoms with Crippen molar-refractivity contribution in [1.29, 1.82) is 0 Å². The van der Waals surface area contributed by atoms with Crippen molar-refractivity contribution in [2.45, 2.75) is 39.2 Å². The second kappa shape index (κ2) is 6.88. The van der Waals surface area contributed by atoms with Gasteiger partial charge in [-0.15, -0.1) is 11.3 Å². The summed E-state index contributed by atoms with van der Waals surface area (Å²) in [5.74, 6) is 2.26. The number of nitrogens with zero attached hydrogens (tertiary/aromatic N) is 4. The maximum Gasteiger partial charge on any atom is 0.261 e. The number of amides is 1. The van der Waals surface area contributed by atoms with Crippen LogP contribution in [0.4, 0.5) is 5.82 Å². The van der Waals surface area contributed by atoms with Gasteiger partial charge in [-0.25, -0.2) is 15.0 Å². The number of aromatic nitrogens is 3. The van der Waals surface area contributed by atoms with Crippen LogP contribution in [0.5, 0.6) is 0 Å². The predicted octanol–water partition coefficient (Wildman–Crippen LogP) is 3.58. The Morgan fingerprint density at radius 1 is 1.26 bits per heavy atom. The molecule has 3 aromatic rings. The lowest BCUT2D eigenvalue weighted by Gasteiger charge is -2.11. The van der Waals surface area contributed by atoms with Crippen molar-refractivity contribution in [3.8, 4) is 0 Å². The van der Waals surface area contributed by atoms with Gasteiger partial charge in [0, 0.05) is 38.1 Å².